The van der Waals surface area contributed by atoms with Gasteiger partial charge in [0.15, 0.2) is 0 Å². The molecule has 1 aromatic rings. The van der Waals surface area contributed by atoms with E-state index < -0.39 is 33.8 Å². The molecule has 0 atom stereocenters. The summed E-state index contributed by atoms with van der Waals surface area (Å²) in [6.07, 6.45) is -4.72. The third kappa shape index (κ3) is 3.19. The lowest BCUT2D eigenvalue weighted by molar-refractivity contribution is -0.385. The molecule has 9 heteroatoms. The summed E-state index contributed by atoms with van der Waals surface area (Å²) in [6, 6.07) is 1.67. The van der Waals surface area contributed by atoms with Crippen LogP contribution in [0.4, 0.5) is 18.9 Å². The predicted molar refractivity (Wildman–Crippen MR) is 57.2 cm³/mol. The molecule has 0 bridgehead atoms. The number of halogens is 3. The third-order valence-electron chi connectivity index (χ3n) is 2.31. The monoisotopic (exact) mass is 278 g/mol. The molecule has 6 nitrogen and oxygen atoms in total. The van der Waals surface area contributed by atoms with Crippen molar-refractivity contribution in [2.75, 3.05) is 14.2 Å². The molecule has 1 rings (SSSR count). The van der Waals surface area contributed by atoms with E-state index in [1.807, 2.05) is 0 Å². The SMILES string of the molecule is CON(C)C(=O)c1ccc(C(F)(F)F)cc1[N+](=O)[O-]. The summed E-state index contributed by atoms with van der Waals surface area (Å²) >= 11 is 0. The van der Waals surface area contributed by atoms with Gasteiger partial charge in [0.1, 0.15) is 5.56 Å². The van der Waals surface area contributed by atoms with Crippen molar-refractivity contribution < 1.29 is 27.7 Å². The lowest BCUT2D eigenvalue weighted by Gasteiger charge is -2.14. The molecule has 0 N–H and O–H groups in total. The van der Waals surface area contributed by atoms with Crippen LogP contribution in [0.2, 0.25) is 0 Å². The molecular formula is C10H9F3N2O4. The smallest absolute Gasteiger partial charge is 0.274 e. The van der Waals surface area contributed by atoms with Gasteiger partial charge in [0.05, 0.1) is 17.6 Å². The molecule has 19 heavy (non-hydrogen) atoms. The van der Waals surface area contributed by atoms with Crippen LogP contribution in [0.5, 0.6) is 0 Å². The highest BCUT2D eigenvalue weighted by Gasteiger charge is 2.34. The number of hydrogen-bond donors (Lipinski definition) is 0. The van der Waals surface area contributed by atoms with Crippen LogP contribution in [-0.4, -0.2) is 30.1 Å². The largest absolute Gasteiger partial charge is 0.416 e. The number of carbonyl (C=O) groups is 1. The molecule has 1 aromatic carbocycles. The minimum Gasteiger partial charge on any atom is -0.274 e. The van der Waals surface area contributed by atoms with Gasteiger partial charge in [-0.25, -0.2) is 5.06 Å². The van der Waals surface area contributed by atoms with Crippen molar-refractivity contribution in [1.82, 2.24) is 5.06 Å². The molecule has 0 spiro atoms. The molecule has 0 fully saturated rings. The molecule has 104 valence electrons. The first-order valence-corrected chi connectivity index (χ1v) is 4.86. The quantitative estimate of drug-likeness (QED) is 0.628. The fourth-order valence-corrected chi connectivity index (χ4v) is 1.29. The molecule has 0 saturated carbocycles. The first kappa shape index (κ1) is 14.9. The van der Waals surface area contributed by atoms with E-state index in [4.69, 9.17) is 0 Å². The number of nitro benzene ring substituents is 1. The van der Waals surface area contributed by atoms with Gasteiger partial charge in [-0.05, 0) is 12.1 Å². The fourth-order valence-electron chi connectivity index (χ4n) is 1.29. The highest BCUT2D eigenvalue weighted by atomic mass is 19.4. The van der Waals surface area contributed by atoms with Crippen molar-refractivity contribution in [3.8, 4) is 0 Å². The van der Waals surface area contributed by atoms with Gasteiger partial charge in [-0.1, -0.05) is 0 Å². The number of carbonyl (C=O) groups excluding carboxylic acids is 1. The normalized spacial score (nSPS) is 11.2. The molecule has 0 aromatic heterocycles. The van der Waals surface area contributed by atoms with Gasteiger partial charge in [0.2, 0.25) is 0 Å². The molecule has 0 aliphatic heterocycles. The topological polar surface area (TPSA) is 72.7 Å². The molecule has 0 unspecified atom stereocenters. The van der Waals surface area contributed by atoms with Crippen molar-refractivity contribution in [2.45, 2.75) is 6.18 Å². The van der Waals surface area contributed by atoms with Crippen molar-refractivity contribution in [3.05, 3.63) is 39.4 Å². The second-order valence-electron chi connectivity index (χ2n) is 3.47. The number of nitro groups is 1. The molecular weight excluding hydrogens is 269 g/mol. The maximum atomic E-state index is 12.4. The van der Waals surface area contributed by atoms with Crippen LogP contribution < -0.4 is 0 Å². The Kier molecular flexibility index (Phi) is 4.10. The van der Waals surface area contributed by atoms with Crippen LogP contribution in [0.1, 0.15) is 15.9 Å². The summed E-state index contributed by atoms with van der Waals surface area (Å²) in [7, 11) is 2.33. The van der Waals surface area contributed by atoms with E-state index in [-0.39, 0.29) is 0 Å². The molecule has 0 aliphatic rings. The average molecular weight is 278 g/mol. The summed E-state index contributed by atoms with van der Waals surface area (Å²) < 4.78 is 37.3. The van der Waals surface area contributed by atoms with Crippen molar-refractivity contribution >= 4 is 11.6 Å². The first-order valence-electron chi connectivity index (χ1n) is 4.86. The Morgan fingerprint density at radius 2 is 2.00 bits per heavy atom. The Labute approximate surface area is 105 Å². The predicted octanol–water partition coefficient (Wildman–Crippen LogP) is 2.25. The maximum Gasteiger partial charge on any atom is 0.416 e. The van der Waals surface area contributed by atoms with E-state index in [1.165, 1.54) is 7.05 Å². The van der Waals surface area contributed by atoms with Gasteiger partial charge < -0.3 is 0 Å². The maximum absolute atomic E-state index is 12.4. The number of alkyl halides is 3. The van der Waals surface area contributed by atoms with Gasteiger partial charge in [-0.2, -0.15) is 13.2 Å². The number of nitrogens with zero attached hydrogens (tertiary/aromatic N) is 2. The molecule has 0 radical (unpaired) electrons. The highest BCUT2D eigenvalue weighted by molar-refractivity contribution is 5.97. The zero-order valence-electron chi connectivity index (χ0n) is 9.89. The molecule has 0 aliphatic carbocycles. The van der Waals surface area contributed by atoms with Crippen LogP contribution in [0.3, 0.4) is 0 Å². The van der Waals surface area contributed by atoms with E-state index in [9.17, 15) is 28.1 Å². The molecule has 0 heterocycles. The van der Waals surface area contributed by atoms with E-state index in [2.05, 4.69) is 4.84 Å². The fraction of sp³-hybridized carbons (Fsp3) is 0.300. The van der Waals surface area contributed by atoms with Gasteiger partial charge in [-0.3, -0.25) is 19.7 Å². The number of amides is 1. The third-order valence-corrected chi connectivity index (χ3v) is 2.31. The summed E-state index contributed by atoms with van der Waals surface area (Å²) in [5.74, 6) is -0.914. The highest BCUT2D eigenvalue weighted by Crippen LogP contribution is 2.33. The van der Waals surface area contributed by atoms with Crippen LogP contribution in [-0.2, 0) is 11.0 Å². The summed E-state index contributed by atoms with van der Waals surface area (Å²) in [5, 5.41) is 11.4. The van der Waals surface area contributed by atoms with Crippen molar-refractivity contribution in [1.29, 1.82) is 0 Å². The van der Waals surface area contributed by atoms with E-state index in [0.717, 1.165) is 13.2 Å². The Bertz CT molecular complexity index is 516. The number of benzene rings is 1. The Morgan fingerprint density at radius 1 is 1.42 bits per heavy atom. The minimum atomic E-state index is -4.72. The zero-order valence-corrected chi connectivity index (χ0v) is 9.89. The van der Waals surface area contributed by atoms with Crippen LogP contribution in [0, 0.1) is 10.1 Å². The van der Waals surface area contributed by atoms with Crippen molar-refractivity contribution in [2.24, 2.45) is 0 Å². The minimum absolute atomic E-state index is 0.316. The standard InChI is InChI=1S/C10H9F3N2O4/c1-14(19-2)9(16)7-4-3-6(10(11,12)13)5-8(7)15(17)18/h3-5H,1-2H3. The number of hydroxylamine groups is 2. The molecule has 0 saturated heterocycles. The van der Waals surface area contributed by atoms with Crippen LogP contribution >= 0.6 is 0 Å². The van der Waals surface area contributed by atoms with Crippen LogP contribution in [0.25, 0.3) is 0 Å². The second kappa shape index (κ2) is 5.22. The Morgan fingerprint density at radius 3 is 2.42 bits per heavy atom. The van der Waals surface area contributed by atoms with Gasteiger partial charge in [0.25, 0.3) is 11.6 Å². The average Bonchev–Trinajstić information content (AvgIpc) is 2.35. The second-order valence-corrected chi connectivity index (χ2v) is 3.47. The lowest BCUT2D eigenvalue weighted by atomic mass is 10.1. The van der Waals surface area contributed by atoms with Crippen molar-refractivity contribution in [3.63, 3.8) is 0 Å². The zero-order chi connectivity index (χ0) is 14.8. The van der Waals surface area contributed by atoms with Gasteiger partial charge >= 0.3 is 6.18 Å². The summed E-state index contributed by atoms with van der Waals surface area (Å²) in [5.41, 5.74) is -2.61. The summed E-state index contributed by atoms with van der Waals surface area (Å²) in [6.45, 7) is 0. The van der Waals surface area contributed by atoms with E-state index in [0.29, 0.717) is 17.2 Å². The summed E-state index contributed by atoms with van der Waals surface area (Å²) in [4.78, 5) is 25.9. The van der Waals surface area contributed by atoms with Gasteiger partial charge in [0, 0.05) is 13.1 Å². The Balaban J connectivity index is 3.35. The Hall–Kier alpha value is -2.16. The lowest BCUT2D eigenvalue weighted by Crippen LogP contribution is -2.26. The van der Waals surface area contributed by atoms with Gasteiger partial charge in [-0.15, -0.1) is 0 Å². The number of rotatable bonds is 3. The number of hydrogen-bond acceptors (Lipinski definition) is 4. The van der Waals surface area contributed by atoms with Crippen LogP contribution in [0.15, 0.2) is 18.2 Å². The van der Waals surface area contributed by atoms with E-state index in [1.54, 1.807) is 0 Å². The van der Waals surface area contributed by atoms with E-state index >= 15 is 0 Å². The first-order chi connectivity index (χ1) is 8.68. The molecule has 1 amide bonds.